The Morgan fingerprint density at radius 1 is 1.26 bits per heavy atom. The van der Waals surface area contributed by atoms with E-state index < -0.39 is 5.24 Å². The molecule has 1 aromatic carbocycles. The van der Waals surface area contributed by atoms with Gasteiger partial charge in [-0.15, -0.1) is 0 Å². The van der Waals surface area contributed by atoms with Gasteiger partial charge in [-0.3, -0.25) is 4.79 Å². The third kappa shape index (κ3) is 2.44. The molecule has 2 fully saturated rings. The summed E-state index contributed by atoms with van der Waals surface area (Å²) in [7, 11) is 1.60. The van der Waals surface area contributed by atoms with Crippen LogP contribution in [0.15, 0.2) is 18.2 Å². The maximum Gasteiger partial charge on any atom is 0.252 e. The van der Waals surface area contributed by atoms with E-state index in [9.17, 15) is 4.79 Å². The van der Waals surface area contributed by atoms with Gasteiger partial charge in [-0.25, -0.2) is 0 Å². The molecule has 102 valence electrons. The highest BCUT2D eigenvalue weighted by Gasteiger charge is 2.41. The number of methoxy groups -OCH3 is 1. The first kappa shape index (κ1) is 12.8. The Labute approximate surface area is 117 Å². The summed E-state index contributed by atoms with van der Waals surface area (Å²) < 4.78 is 11.4. The molecular formula is C15H17ClO3. The van der Waals surface area contributed by atoms with E-state index in [1.165, 1.54) is 19.3 Å². The molecule has 0 amide bonds. The molecule has 0 aliphatic heterocycles. The van der Waals surface area contributed by atoms with E-state index >= 15 is 0 Å². The van der Waals surface area contributed by atoms with Gasteiger partial charge in [0.2, 0.25) is 0 Å². The number of rotatable bonds is 4. The minimum atomic E-state index is -0.472. The zero-order chi connectivity index (χ0) is 13.4. The molecule has 0 N–H and O–H groups in total. The van der Waals surface area contributed by atoms with E-state index in [0.717, 1.165) is 12.3 Å². The van der Waals surface area contributed by atoms with E-state index in [1.807, 2.05) is 0 Å². The van der Waals surface area contributed by atoms with Crippen LogP contribution in [-0.4, -0.2) is 18.5 Å². The Kier molecular flexibility index (Phi) is 3.40. The molecule has 1 aromatic rings. The van der Waals surface area contributed by atoms with Gasteiger partial charge in [-0.2, -0.15) is 0 Å². The maximum absolute atomic E-state index is 11.2. The molecule has 3 nitrogen and oxygen atoms in total. The predicted molar refractivity (Wildman–Crippen MR) is 73.0 cm³/mol. The van der Waals surface area contributed by atoms with Crippen molar-refractivity contribution in [1.82, 2.24) is 0 Å². The molecule has 4 heteroatoms. The zero-order valence-electron chi connectivity index (χ0n) is 10.9. The highest BCUT2D eigenvalue weighted by molar-refractivity contribution is 6.67. The fourth-order valence-electron chi connectivity index (χ4n) is 3.38. The van der Waals surface area contributed by atoms with Gasteiger partial charge in [-0.05, 0) is 67.3 Å². The van der Waals surface area contributed by atoms with Crippen molar-refractivity contribution in [3.05, 3.63) is 23.8 Å². The molecule has 2 saturated carbocycles. The van der Waals surface area contributed by atoms with Crippen molar-refractivity contribution < 1.29 is 14.3 Å². The predicted octanol–water partition coefficient (Wildman–Crippen LogP) is 3.64. The van der Waals surface area contributed by atoms with Crippen LogP contribution in [0.5, 0.6) is 11.5 Å². The Bertz CT molecular complexity index is 500. The molecule has 2 bridgehead atoms. The summed E-state index contributed by atoms with van der Waals surface area (Å²) in [4.78, 5) is 11.2. The molecule has 3 rings (SSSR count). The number of benzene rings is 1. The normalized spacial score (nSPS) is 28.4. The molecule has 0 aromatic heterocycles. The number of hydrogen-bond acceptors (Lipinski definition) is 3. The number of fused-ring (bicyclic) bond motifs is 2. The van der Waals surface area contributed by atoms with E-state index in [4.69, 9.17) is 21.1 Å². The number of halogens is 1. The molecule has 0 heterocycles. The lowest BCUT2D eigenvalue weighted by Gasteiger charge is -2.24. The van der Waals surface area contributed by atoms with E-state index in [1.54, 1.807) is 25.3 Å². The number of carbonyl (C=O) groups excluding carboxylic acids is 1. The van der Waals surface area contributed by atoms with Gasteiger partial charge in [0.15, 0.2) is 11.5 Å². The average molecular weight is 281 g/mol. The average Bonchev–Trinajstić information content (AvgIpc) is 3.01. The zero-order valence-corrected chi connectivity index (χ0v) is 11.7. The third-order valence-electron chi connectivity index (χ3n) is 4.34. The largest absolute Gasteiger partial charge is 0.493 e. The van der Waals surface area contributed by atoms with Crippen LogP contribution in [-0.2, 0) is 0 Å². The highest BCUT2D eigenvalue weighted by Crippen LogP contribution is 2.46. The summed E-state index contributed by atoms with van der Waals surface area (Å²) >= 11 is 5.52. The van der Waals surface area contributed by atoms with E-state index in [-0.39, 0.29) is 6.10 Å². The van der Waals surface area contributed by atoms with Gasteiger partial charge >= 0.3 is 0 Å². The minimum absolute atomic E-state index is 0.258. The van der Waals surface area contributed by atoms with Gasteiger partial charge in [-0.1, -0.05) is 0 Å². The van der Waals surface area contributed by atoms with Crippen molar-refractivity contribution in [2.24, 2.45) is 11.8 Å². The van der Waals surface area contributed by atoms with Gasteiger partial charge < -0.3 is 9.47 Å². The van der Waals surface area contributed by atoms with E-state index in [0.29, 0.717) is 23.0 Å². The Morgan fingerprint density at radius 2 is 2.11 bits per heavy atom. The van der Waals surface area contributed by atoms with Crippen molar-refractivity contribution in [3.8, 4) is 11.5 Å². The van der Waals surface area contributed by atoms with Gasteiger partial charge in [0.1, 0.15) is 6.10 Å². The van der Waals surface area contributed by atoms with E-state index in [2.05, 4.69) is 0 Å². The molecule has 2 aliphatic carbocycles. The number of carbonyl (C=O) groups is 1. The molecule has 0 radical (unpaired) electrons. The Hall–Kier alpha value is -1.22. The molecule has 0 saturated heterocycles. The van der Waals surface area contributed by atoms with Gasteiger partial charge in [0.25, 0.3) is 5.24 Å². The maximum atomic E-state index is 11.2. The van der Waals surface area contributed by atoms with Gasteiger partial charge in [0.05, 0.1) is 7.11 Å². The van der Waals surface area contributed by atoms with Crippen LogP contribution in [0, 0.1) is 11.8 Å². The second-order valence-corrected chi connectivity index (χ2v) is 5.81. The lowest BCUT2D eigenvalue weighted by atomic mass is 9.97. The second kappa shape index (κ2) is 5.04. The first-order valence-electron chi connectivity index (χ1n) is 6.72. The smallest absolute Gasteiger partial charge is 0.252 e. The van der Waals surface area contributed by atoms with Crippen LogP contribution in [0.25, 0.3) is 0 Å². The van der Waals surface area contributed by atoms with Gasteiger partial charge in [0, 0.05) is 5.56 Å². The summed E-state index contributed by atoms with van der Waals surface area (Å²) in [5.74, 6) is 2.76. The quantitative estimate of drug-likeness (QED) is 0.790. The second-order valence-electron chi connectivity index (χ2n) is 5.47. The summed E-state index contributed by atoms with van der Waals surface area (Å²) in [6, 6.07) is 5.07. The number of ether oxygens (including phenoxy) is 2. The number of hydrogen-bond donors (Lipinski definition) is 0. The Balaban J connectivity index is 1.82. The molecule has 3 atom stereocenters. The van der Waals surface area contributed by atoms with Crippen LogP contribution < -0.4 is 9.47 Å². The molecule has 19 heavy (non-hydrogen) atoms. The highest BCUT2D eigenvalue weighted by atomic mass is 35.5. The third-order valence-corrected chi connectivity index (χ3v) is 4.56. The lowest BCUT2D eigenvalue weighted by molar-refractivity contribution is 0.107. The van der Waals surface area contributed by atoms with Crippen molar-refractivity contribution in [2.75, 3.05) is 7.11 Å². The van der Waals surface area contributed by atoms with Crippen LogP contribution in [0.1, 0.15) is 36.0 Å². The van der Waals surface area contributed by atoms with Crippen molar-refractivity contribution >= 4 is 16.8 Å². The fraction of sp³-hybridized carbons (Fsp3) is 0.533. The first-order valence-corrected chi connectivity index (χ1v) is 7.09. The SMILES string of the molecule is COc1ccc(C(=O)Cl)cc1O[C@@H]1C[C@H]2CC[C@@H]1C2. The molecule has 0 unspecified atom stereocenters. The molecule has 2 aliphatic rings. The van der Waals surface area contributed by atoms with Crippen LogP contribution in [0.4, 0.5) is 0 Å². The lowest BCUT2D eigenvalue weighted by Crippen LogP contribution is -2.23. The van der Waals surface area contributed by atoms with Crippen LogP contribution in [0.3, 0.4) is 0 Å². The summed E-state index contributed by atoms with van der Waals surface area (Å²) in [5.41, 5.74) is 0.445. The molecule has 0 spiro atoms. The van der Waals surface area contributed by atoms with Crippen molar-refractivity contribution in [2.45, 2.75) is 31.8 Å². The standard InChI is InChI=1S/C15H17ClO3/c1-18-12-5-4-11(15(16)17)8-14(12)19-13-7-9-2-3-10(13)6-9/h4-5,8-10,13H,2-3,6-7H2,1H3/t9-,10+,13+/m0/s1. The Morgan fingerprint density at radius 3 is 2.68 bits per heavy atom. The monoisotopic (exact) mass is 280 g/mol. The summed E-state index contributed by atoms with van der Waals surface area (Å²) in [6.07, 6.45) is 5.25. The molecular weight excluding hydrogens is 264 g/mol. The van der Waals surface area contributed by atoms with Crippen molar-refractivity contribution in [3.63, 3.8) is 0 Å². The topological polar surface area (TPSA) is 35.5 Å². The van der Waals surface area contributed by atoms with Crippen LogP contribution in [0.2, 0.25) is 0 Å². The minimum Gasteiger partial charge on any atom is -0.493 e. The first-order chi connectivity index (χ1) is 9.17. The fourth-order valence-corrected chi connectivity index (χ4v) is 3.50. The summed E-state index contributed by atoms with van der Waals surface area (Å²) in [5, 5.41) is -0.472. The van der Waals surface area contributed by atoms with Crippen LogP contribution >= 0.6 is 11.6 Å². The van der Waals surface area contributed by atoms with Crippen molar-refractivity contribution in [1.29, 1.82) is 0 Å². The summed E-state index contributed by atoms with van der Waals surface area (Å²) in [6.45, 7) is 0.